The fraction of sp³-hybridized carbons (Fsp3) is 0.556. The Bertz CT molecular complexity index is 346. The highest BCUT2D eigenvalue weighted by atomic mass is 32.1. The van der Waals surface area contributed by atoms with E-state index in [1.54, 1.807) is 17.5 Å². The van der Waals surface area contributed by atoms with E-state index in [-0.39, 0.29) is 5.84 Å². The molecule has 0 spiro atoms. The second-order valence-corrected chi connectivity index (χ2v) is 4.50. The molecule has 0 saturated carbocycles. The smallest absolute Gasteiger partial charge is 0.185 e. The van der Waals surface area contributed by atoms with Crippen molar-refractivity contribution in [2.45, 2.75) is 6.42 Å². The van der Waals surface area contributed by atoms with Gasteiger partial charge in [0.05, 0.1) is 19.0 Å². The van der Waals surface area contributed by atoms with Crippen LogP contribution < -0.4 is 10.6 Å². The minimum absolute atomic E-state index is 0.187. The second-order valence-electron chi connectivity index (χ2n) is 3.41. The van der Waals surface area contributed by atoms with Gasteiger partial charge in [-0.25, -0.2) is 4.98 Å². The summed E-state index contributed by atoms with van der Waals surface area (Å²) in [6.45, 7) is 3.32. The lowest BCUT2D eigenvalue weighted by Crippen LogP contribution is -2.36. The average molecular weight is 226 g/mol. The quantitative estimate of drug-likeness (QED) is 0.580. The van der Waals surface area contributed by atoms with Crippen LogP contribution in [0.2, 0.25) is 0 Å². The number of hydrogen-bond donors (Lipinski definition) is 2. The van der Waals surface area contributed by atoms with E-state index in [0.717, 1.165) is 36.3 Å². The molecule has 1 aliphatic heterocycles. The van der Waals surface area contributed by atoms with Crippen LogP contribution >= 0.6 is 11.3 Å². The molecule has 1 fully saturated rings. The summed E-state index contributed by atoms with van der Waals surface area (Å²) in [5.41, 5.74) is 5.34. The van der Waals surface area contributed by atoms with Crippen LogP contribution in [0.15, 0.2) is 6.20 Å². The van der Waals surface area contributed by atoms with E-state index in [0.29, 0.717) is 6.42 Å². The maximum absolute atomic E-state index is 7.21. The first-order chi connectivity index (χ1) is 7.25. The summed E-state index contributed by atoms with van der Waals surface area (Å²) in [6.07, 6.45) is 2.30. The van der Waals surface area contributed by atoms with Crippen molar-refractivity contribution in [3.8, 4) is 0 Å². The predicted molar refractivity (Wildman–Crippen MR) is 60.8 cm³/mol. The standard InChI is InChI=1S/C9H14N4OS/c10-8(11)5-7-6-12-9(15-7)13-1-3-14-4-2-13/h6H,1-5H2,(H3,10,11). The van der Waals surface area contributed by atoms with Crippen LogP contribution in [-0.4, -0.2) is 37.1 Å². The van der Waals surface area contributed by atoms with Gasteiger partial charge in [0.15, 0.2) is 5.13 Å². The van der Waals surface area contributed by atoms with Gasteiger partial charge in [-0.05, 0) is 0 Å². The topological polar surface area (TPSA) is 75.2 Å². The van der Waals surface area contributed by atoms with Gasteiger partial charge >= 0.3 is 0 Å². The number of aromatic nitrogens is 1. The predicted octanol–water partition coefficient (Wildman–Crippen LogP) is 0.458. The van der Waals surface area contributed by atoms with Crippen LogP contribution in [0.4, 0.5) is 5.13 Å². The van der Waals surface area contributed by atoms with E-state index >= 15 is 0 Å². The van der Waals surface area contributed by atoms with Crippen LogP contribution in [0.3, 0.4) is 0 Å². The third kappa shape index (κ3) is 2.66. The first-order valence-electron chi connectivity index (χ1n) is 4.86. The SMILES string of the molecule is N=C(N)Cc1cnc(N2CCOCC2)s1. The molecule has 1 aliphatic rings. The summed E-state index contributed by atoms with van der Waals surface area (Å²) in [5.74, 6) is 0.187. The van der Waals surface area contributed by atoms with Gasteiger partial charge in [0.25, 0.3) is 0 Å². The molecule has 0 unspecified atom stereocenters. The molecule has 0 atom stereocenters. The number of ether oxygens (including phenoxy) is 1. The van der Waals surface area contributed by atoms with Crippen molar-refractivity contribution < 1.29 is 4.74 Å². The first-order valence-corrected chi connectivity index (χ1v) is 5.67. The highest BCUT2D eigenvalue weighted by Gasteiger charge is 2.14. The zero-order chi connectivity index (χ0) is 10.7. The second kappa shape index (κ2) is 4.59. The molecule has 82 valence electrons. The lowest BCUT2D eigenvalue weighted by molar-refractivity contribution is 0.122. The third-order valence-electron chi connectivity index (χ3n) is 2.19. The Morgan fingerprint density at radius 2 is 2.33 bits per heavy atom. The Labute approximate surface area is 92.4 Å². The molecule has 0 radical (unpaired) electrons. The van der Waals surface area contributed by atoms with Gasteiger partial charge in [-0.3, -0.25) is 5.41 Å². The van der Waals surface area contributed by atoms with E-state index in [2.05, 4.69) is 9.88 Å². The van der Waals surface area contributed by atoms with Crippen molar-refractivity contribution in [2.75, 3.05) is 31.2 Å². The third-order valence-corrected chi connectivity index (χ3v) is 3.25. The summed E-state index contributed by atoms with van der Waals surface area (Å²) in [5, 5.41) is 8.22. The first kappa shape index (κ1) is 10.4. The lowest BCUT2D eigenvalue weighted by atomic mass is 10.4. The molecule has 1 aromatic heterocycles. The number of thiazole rings is 1. The fourth-order valence-corrected chi connectivity index (χ4v) is 2.45. The normalized spacial score (nSPS) is 16.7. The van der Waals surface area contributed by atoms with Crippen LogP contribution in [0, 0.1) is 5.41 Å². The van der Waals surface area contributed by atoms with Gasteiger partial charge in [0.2, 0.25) is 0 Å². The van der Waals surface area contributed by atoms with Crippen LogP contribution in [-0.2, 0) is 11.2 Å². The van der Waals surface area contributed by atoms with Crippen molar-refractivity contribution in [3.05, 3.63) is 11.1 Å². The molecule has 5 nitrogen and oxygen atoms in total. The summed E-state index contributed by atoms with van der Waals surface area (Å²) in [4.78, 5) is 7.58. The monoisotopic (exact) mass is 226 g/mol. The molecule has 1 saturated heterocycles. The van der Waals surface area contributed by atoms with E-state index in [1.165, 1.54) is 0 Å². The van der Waals surface area contributed by atoms with Crippen LogP contribution in [0.1, 0.15) is 4.88 Å². The molecular formula is C9H14N4OS. The number of nitrogens with zero attached hydrogens (tertiary/aromatic N) is 2. The van der Waals surface area contributed by atoms with E-state index in [4.69, 9.17) is 15.9 Å². The molecule has 0 bridgehead atoms. The van der Waals surface area contributed by atoms with Gasteiger partial charge in [-0.1, -0.05) is 0 Å². The zero-order valence-corrected chi connectivity index (χ0v) is 9.22. The Balaban J connectivity index is 2.02. The molecule has 6 heteroatoms. The molecule has 2 rings (SSSR count). The molecule has 3 N–H and O–H groups in total. The Kier molecular flexibility index (Phi) is 3.17. The molecule has 0 amide bonds. The van der Waals surface area contributed by atoms with E-state index in [9.17, 15) is 0 Å². The van der Waals surface area contributed by atoms with Gasteiger partial charge in [-0.15, -0.1) is 11.3 Å². The highest BCUT2D eigenvalue weighted by Crippen LogP contribution is 2.23. The van der Waals surface area contributed by atoms with Crippen LogP contribution in [0.5, 0.6) is 0 Å². The van der Waals surface area contributed by atoms with Crippen LogP contribution in [0.25, 0.3) is 0 Å². The molecule has 15 heavy (non-hydrogen) atoms. The molecular weight excluding hydrogens is 212 g/mol. The van der Waals surface area contributed by atoms with Gasteiger partial charge in [0, 0.05) is 30.6 Å². The molecule has 0 aliphatic carbocycles. The van der Waals surface area contributed by atoms with E-state index < -0.39 is 0 Å². The van der Waals surface area contributed by atoms with Gasteiger partial charge in [0.1, 0.15) is 0 Å². The van der Waals surface area contributed by atoms with Crippen molar-refractivity contribution in [3.63, 3.8) is 0 Å². The average Bonchev–Trinajstić information content (AvgIpc) is 2.67. The number of morpholine rings is 1. The number of hydrogen-bond acceptors (Lipinski definition) is 5. The fourth-order valence-electron chi connectivity index (χ4n) is 1.47. The molecule has 2 heterocycles. The Hall–Kier alpha value is -1.14. The minimum atomic E-state index is 0.187. The Morgan fingerprint density at radius 1 is 1.60 bits per heavy atom. The number of nitrogens with two attached hydrogens (primary N) is 1. The van der Waals surface area contributed by atoms with Gasteiger partial charge < -0.3 is 15.4 Å². The molecule has 0 aromatic carbocycles. The molecule has 1 aromatic rings. The van der Waals surface area contributed by atoms with Crippen molar-refractivity contribution in [1.82, 2.24) is 4.98 Å². The van der Waals surface area contributed by atoms with Crippen molar-refractivity contribution in [2.24, 2.45) is 5.73 Å². The largest absolute Gasteiger partial charge is 0.387 e. The summed E-state index contributed by atoms with van der Waals surface area (Å²) >= 11 is 1.61. The highest BCUT2D eigenvalue weighted by molar-refractivity contribution is 7.15. The van der Waals surface area contributed by atoms with Crippen molar-refractivity contribution in [1.29, 1.82) is 5.41 Å². The minimum Gasteiger partial charge on any atom is -0.387 e. The number of rotatable bonds is 3. The Morgan fingerprint density at radius 3 is 3.00 bits per heavy atom. The summed E-state index contributed by atoms with van der Waals surface area (Å²) in [7, 11) is 0. The van der Waals surface area contributed by atoms with E-state index in [1.807, 2.05) is 0 Å². The summed E-state index contributed by atoms with van der Waals surface area (Å²) in [6, 6.07) is 0. The number of nitrogens with one attached hydrogen (secondary N) is 1. The maximum atomic E-state index is 7.21. The number of anilines is 1. The van der Waals surface area contributed by atoms with Gasteiger partial charge in [-0.2, -0.15) is 0 Å². The summed E-state index contributed by atoms with van der Waals surface area (Å²) < 4.78 is 5.27. The lowest BCUT2D eigenvalue weighted by Gasteiger charge is -2.25. The number of amidine groups is 1. The maximum Gasteiger partial charge on any atom is 0.185 e. The zero-order valence-electron chi connectivity index (χ0n) is 8.40. The van der Waals surface area contributed by atoms with Crippen molar-refractivity contribution >= 4 is 22.3 Å².